The molecule has 0 nitrogen and oxygen atoms in total. The van der Waals surface area contributed by atoms with E-state index in [9.17, 15) is 4.39 Å². The highest BCUT2D eigenvalue weighted by Gasteiger charge is 1.78. The van der Waals surface area contributed by atoms with Gasteiger partial charge < -0.3 is 0 Å². The third kappa shape index (κ3) is 5.41. The number of halogens is 1. The summed E-state index contributed by atoms with van der Waals surface area (Å²) in [6, 6.07) is 0. The van der Waals surface area contributed by atoms with Crippen LogP contribution < -0.4 is 0 Å². The summed E-state index contributed by atoms with van der Waals surface area (Å²) in [5, 5.41) is 0. The molecule has 0 aromatic rings. The molecule has 0 saturated heterocycles. The van der Waals surface area contributed by atoms with Crippen molar-refractivity contribution in [3.63, 3.8) is 0 Å². The van der Waals surface area contributed by atoms with Crippen molar-refractivity contribution in [1.29, 1.82) is 0 Å². The lowest BCUT2D eigenvalue weighted by molar-refractivity contribution is 0.633. The van der Waals surface area contributed by atoms with Gasteiger partial charge in [0.15, 0.2) is 0 Å². The van der Waals surface area contributed by atoms with Crippen LogP contribution in [0.3, 0.4) is 0 Å². The molecule has 0 aliphatic carbocycles. The van der Waals surface area contributed by atoms with Gasteiger partial charge >= 0.3 is 0 Å². The maximum atomic E-state index is 11.9. The average molecular weight is 114 g/mol. The Kier molecular flexibility index (Phi) is 4.23. The van der Waals surface area contributed by atoms with Crippen molar-refractivity contribution in [1.82, 2.24) is 0 Å². The molecule has 0 saturated carbocycles. The van der Waals surface area contributed by atoms with Gasteiger partial charge in [-0.15, -0.1) is 6.58 Å². The molecule has 0 aromatic carbocycles. The first-order valence-electron chi connectivity index (χ1n) is 2.70. The maximum Gasteiger partial charge on any atom is 0.0929 e. The molecule has 0 N–H and O–H groups in total. The van der Waals surface area contributed by atoms with Crippen molar-refractivity contribution in [2.24, 2.45) is 0 Å². The average Bonchev–Trinajstić information content (AvgIpc) is 1.66. The van der Waals surface area contributed by atoms with Crippen LogP contribution in [0.15, 0.2) is 24.6 Å². The largest absolute Gasteiger partial charge is 0.212 e. The molecular formula is C7H11F. The Bertz CT molecular complexity index is 88.6. The minimum absolute atomic E-state index is 0.105. The zero-order valence-electron chi connectivity index (χ0n) is 5.15. The number of allylic oxidation sites excluding steroid dienone is 3. The van der Waals surface area contributed by atoms with Crippen molar-refractivity contribution in [3.8, 4) is 0 Å². The molecule has 0 rings (SSSR count). The second-order valence-corrected chi connectivity index (χ2v) is 1.66. The number of hydrogen-bond donors (Lipinski definition) is 0. The molecule has 8 heavy (non-hydrogen) atoms. The van der Waals surface area contributed by atoms with E-state index in [-0.39, 0.29) is 5.83 Å². The summed E-state index contributed by atoms with van der Waals surface area (Å²) >= 11 is 0. The summed E-state index contributed by atoms with van der Waals surface area (Å²) < 4.78 is 11.9. The lowest BCUT2D eigenvalue weighted by Gasteiger charge is -1.83. The van der Waals surface area contributed by atoms with E-state index in [4.69, 9.17) is 0 Å². The van der Waals surface area contributed by atoms with Gasteiger partial charge in [-0.3, -0.25) is 0 Å². The van der Waals surface area contributed by atoms with Crippen LogP contribution in [0, 0.1) is 0 Å². The molecule has 0 amide bonds. The number of hydrogen-bond acceptors (Lipinski definition) is 0. The van der Waals surface area contributed by atoms with Crippen LogP contribution in [-0.4, -0.2) is 0 Å². The summed E-state index contributed by atoms with van der Waals surface area (Å²) in [7, 11) is 0. The van der Waals surface area contributed by atoms with E-state index in [1.807, 2.05) is 0 Å². The van der Waals surface area contributed by atoms with Gasteiger partial charge in [0.25, 0.3) is 0 Å². The van der Waals surface area contributed by atoms with Crippen LogP contribution >= 0.6 is 0 Å². The van der Waals surface area contributed by atoms with Crippen LogP contribution in [0.25, 0.3) is 0 Å². The van der Waals surface area contributed by atoms with Crippen LogP contribution in [-0.2, 0) is 0 Å². The summed E-state index contributed by atoms with van der Waals surface area (Å²) in [5.74, 6) is -0.105. The molecule has 0 aromatic heterocycles. The monoisotopic (exact) mass is 114 g/mol. The molecule has 0 spiro atoms. The van der Waals surface area contributed by atoms with E-state index < -0.39 is 0 Å². The predicted molar refractivity (Wildman–Crippen MR) is 34.3 cm³/mol. The first kappa shape index (κ1) is 7.41. The third-order valence-electron chi connectivity index (χ3n) is 0.796. The van der Waals surface area contributed by atoms with Gasteiger partial charge in [0.2, 0.25) is 0 Å². The van der Waals surface area contributed by atoms with Gasteiger partial charge in [-0.05, 0) is 19.8 Å². The van der Waals surface area contributed by atoms with Crippen molar-refractivity contribution in [3.05, 3.63) is 24.6 Å². The lowest BCUT2D eigenvalue weighted by atomic mass is 10.3. The van der Waals surface area contributed by atoms with Gasteiger partial charge in [-0.25, -0.2) is 4.39 Å². The molecule has 0 atom stereocenters. The Morgan fingerprint density at radius 2 is 2.25 bits per heavy atom. The van der Waals surface area contributed by atoms with Crippen LogP contribution in [0.5, 0.6) is 0 Å². The van der Waals surface area contributed by atoms with Crippen molar-refractivity contribution >= 4 is 0 Å². The first-order chi connectivity index (χ1) is 3.77. The van der Waals surface area contributed by atoms with E-state index in [1.54, 1.807) is 12.2 Å². The van der Waals surface area contributed by atoms with E-state index in [0.29, 0.717) is 0 Å². The fourth-order valence-electron chi connectivity index (χ4n) is 0.400. The summed E-state index contributed by atoms with van der Waals surface area (Å²) in [4.78, 5) is 0. The first-order valence-corrected chi connectivity index (χ1v) is 2.70. The van der Waals surface area contributed by atoms with Crippen molar-refractivity contribution in [2.75, 3.05) is 0 Å². The Morgan fingerprint density at radius 1 is 1.62 bits per heavy atom. The Balaban J connectivity index is 3.15. The van der Waals surface area contributed by atoms with Gasteiger partial charge in [-0.1, -0.05) is 12.2 Å². The van der Waals surface area contributed by atoms with Gasteiger partial charge in [-0.2, -0.15) is 0 Å². The van der Waals surface area contributed by atoms with Crippen LogP contribution in [0.2, 0.25) is 0 Å². The molecule has 0 heterocycles. The minimum Gasteiger partial charge on any atom is -0.212 e. The molecular weight excluding hydrogens is 103 g/mol. The standard InChI is InChI=1S/C7H11F/c1-3-4-5-6-7(2)8/h3,6H,1,4-5H2,2H3/b7-6-. The summed E-state index contributed by atoms with van der Waals surface area (Å²) in [6.07, 6.45) is 4.97. The molecule has 46 valence electrons. The fourth-order valence-corrected chi connectivity index (χ4v) is 0.400. The molecule has 0 bridgehead atoms. The highest BCUT2D eigenvalue weighted by atomic mass is 19.1. The van der Waals surface area contributed by atoms with E-state index in [1.165, 1.54) is 6.92 Å². The third-order valence-corrected chi connectivity index (χ3v) is 0.796. The summed E-state index contributed by atoms with van der Waals surface area (Å²) in [6.45, 7) is 4.95. The van der Waals surface area contributed by atoms with Gasteiger partial charge in [0.05, 0.1) is 5.83 Å². The van der Waals surface area contributed by atoms with Crippen molar-refractivity contribution < 1.29 is 4.39 Å². The molecule has 0 fully saturated rings. The van der Waals surface area contributed by atoms with Gasteiger partial charge in [0.1, 0.15) is 0 Å². The molecule has 1 heteroatoms. The van der Waals surface area contributed by atoms with Crippen LogP contribution in [0.1, 0.15) is 19.8 Å². The topological polar surface area (TPSA) is 0 Å². The second-order valence-electron chi connectivity index (χ2n) is 1.66. The van der Waals surface area contributed by atoms with Crippen molar-refractivity contribution in [2.45, 2.75) is 19.8 Å². The SMILES string of the molecule is C=CCC/C=C(/C)F. The predicted octanol–water partition coefficient (Wildman–Crippen LogP) is 2.83. The van der Waals surface area contributed by atoms with Gasteiger partial charge in [0, 0.05) is 0 Å². The normalized spacial score (nSPS) is 11.5. The Morgan fingerprint density at radius 3 is 2.62 bits per heavy atom. The number of unbranched alkanes of at least 4 members (excludes halogenated alkanes) is 1. The van der Waals surface area contributed by atoms with E-state index in [0.717, 1.165) is 12.8 Å². The maximum absolute atomic E-state index is 11.9. The number of rotatable bonds is 3. The van der Waals surface area contributed by atoms with E-state index in [2.05, 4.69) is 6.58 Å². The lowest BCUT2D eigenvalue weighted by Crippen LogP contribution is -1.64. The summed E-state index contributed by atoms with van der Waals surface area (Å²) in [5.41, 5.74) is 0. The smallest absolute Gasteiger partial charge is 0.0929 e. The minimum atomic E-state index is -0.105. The molecule has 0 radical (unpaired) electrons. The highest BCUT2D eigenvalue weighted by molar-refractivity contribution is 4.87. The molecule has 0 unspecified atom stereocenters. The molecule has 0 aliphatic heterocycles. The quantitative estimate of drug-likeness (QED) is 0.391. The van der Waals surface area contributed by atoms with Crippen LogP contribution in [0.4, 0.5) is 4.39 Å². The highest BCUT2D eigenvalue weighted by Crippen LogP contribution is 1.98. The Labute approximate surface area is 49.7 Å². The molecule has 0 aliphatic rings. The second kappa shape index (κ2) is 4.57. The Hall–Kier alpha value is -0.590. The van der Waals surface area contributed by atoms with E-state index >= 15 is 0 Å². The zero-order valence-corrected chi connectivity index (χ0v) is 5.15. The fraction of sp³-hybridized carbons (Fsp3) is 0.429. The zero-order chi connectivity index (χ0) is 6.41.